The first-order valence-corrected chi connectivity index (χ1v) is 7.13. The van der Waals surface area contributed by atoms with Crippen LogP contribution in [0, 0.1) is 0 Å². The van der Waals surface area contributed by atoms with Gasteiger partial charge in [0, 0.05) is 10.4 Å². The van der Waals surface area contributed by atoms with Crippen molar-refractivity contribution in [1.82, 2.24) is 0 Å². The van der Waals surface area contributed by atoms with Crippen LogP contribution in [0.3, 0.4) is 0 Å². The average molecular weight is 323 g/mol. The molecule has 0 spiro atoms. The molecule has 5 heteroatoms. The molecule has 0 fully saturated rings. The smallest absolute Gasteiger partial charge is 0.152 e. The van der Waals surface area contributed by atoms with E-state index in [0.29, 0.717) is 27.1 Å². The molecule has 0 radical (unpaired) electrons. The fraction of sp³-hybridized carbons (Fsp3) is 0.125. The Morgan fingerprint density at radius 3 is 2.67 bits per heavy atom. The van der Waals surface area contributed by atoms with E-state index in [-0.39, 0.29) is 6.61 Å². The van der Waals surface area contributed by atoms with Crippen LogP contribution < -0.4 is 4.74 Å². The van der Waals surface area contributed by atoms with Crippen LogP contribution in [0.25, 0.3) is 11.0 Å². The Labute approximate surface area is 131 Å². The first-order valence-electron chi connectivity index (χ1n) is 6.38. The van der Waals surface area contributed by atoms with E-state index in [0.717, 1.165) is 5.39 Å². The standard InChI is InChI=1S/C16H12Cl2O3/c17-11-4-2-5-12(8-11)20-9-14(19)15-7-10-3-1-6-13(18)16(10)21-15/h1-8,14,19H,9H2. The minimum absolute atomic E-state index is 0.0672. The van der Waals surface area contributed by atoms with Gasteiger partial charge in [0.05, 0.1) is 5.02 Å². The third-order valence-electron chi connectivity index (χ3n) is 3.05. The van der Waals surface area contributed by atoms with E-state index in [9.17, 15) is 5.11 Å². The van der Waals surface area contributed by atoms with Gasteiger partial charge in [-0.2, -0.15) is 0 Å². The van der Waals surface area contributed by atoms with Gasteiger partial charge in [-0.1, -0.05) is 41.4 Å². The minimum Gasteiger partial charge on any atom is -0.490 e. The van der Waals surface area contributed by atoms with Gasteiger partial charge in [0.25, 0.3) is 0 Å². The van der Waals surface area contributed by atoms with Crippen molar-refractivity contribution >= 4 is 34.2 Å². The van der Waals surface area contributed by atoms with Gasteiger partial charge in [-0.05, 0) is 30.3 Å². The van der Waals surface area contributed by atoms with Crippen LogP contribution in [0.4, 0.5) is 0 Å². The number of hydrogen-bond acceptors (Lipinski definition) is 3. The average Bonchev–Trinajstić information content (AvgIpc) is 2.90. The number of fused-ring (bicyclic) bond motifs is 1. The number of benzene rings is 2. The monoisotopic (exact) mass is 322 g/mol. The highest BCUT2D eigenvalue weighted by atomic mass is 35.5. The van der Waals surface area contributed by atoms with Gasteiger partial charge in [0.15, 0.2) is 5.58 Å². The maximum absolute atomic E-state index is 10.1. The van der Waals surface area contributed by atoms with Crippen LogP contribution in [0.15, 0.2) is 52.9 Å². The van der Waals surface area contributed by atoms with Crippen LogP contribution in [0.2, 0.25) is 10.0 Å². The molecule has 3 aromatic rings. The van der Waals surface area contributed by atoms with Crippen LogP contribution in [-0.4, -0.2) is 11.7 Å². The van der Waals surface area contributed by atoms with E-state index < -0.39 is 6.10 Å². The third-order valence-corrected chi connectivity index (χ3v) is 3.58. The molecule has 0 bridgehead atoms. The summed E-state index contributed by atoms with van der Waals surface area (Å²) in [5.41, 5.74) is 0.566. The maximum atomic E-state index is 10.1. The number of para-hydroxylation sites is 1. The summed E-state index contributed by atoms with van der Waals surface area (Å²) >= 11 is 11.9. The van der Waals surface area contributed by atoms with Crippen LogP contribution >= 0.6 is 23.2 Å². The van der Waals surface area contributed by atoms with Crippen molar-refractivity contribution in [3.8, 4) is 5.75 Å². The second-order valence-corrected chi connectivity index (χ2v) is 5.43. The molecule has 0 saturated heterocycles. The molecule has 1 aromatic heterocycles. The quantitative estimate of drug-likeness (QED) is 0.746. The van der Waals surface area contributed by atoms with Crippen molar-refractivity contribution in [1.29, 1.82) is 0 Å². The van der Waals surface area contributed by atoms with E-state index in [1.54, 1.807) is 36.4 Å². The van der Waals surface area contributed by atoms with Gasteiger partial charge in [-0.15, -0.1) is 0 Å². The highest BCUT2D eigenvalue weighted by Gasteiger charge is 2.15. The second-order valence-electron chi connectivity index (χ2n) is 4.59. The Morgan fingerprint density at radius 1 is 1.10 bits per heavy atom. The number of hydrogen-bond donors (Lipinski definition) is 1. The zero-order valence-corrected chi connectivity index (χ0v) is 12.4. The minimum atomic E-state index is -0.882. The summed E-state index contributed by atoms with van der Waals surface area (Å²) in [5.74, 6) is 1.01. The summed E-state index contributed by atoms with van der Waals surface area (Å²) in [6, 6.07) is 14.2. The molecule has 21 heavy (non-hydrogen) atoms. The second kappa shape index (κ2) is 5.98. The highest BCUT2D eigenvalue weighted by Crippen LogP contribution is 2.29. The van der Waals surface area contributed by atoms with Crippen molar-refractivity contribution in [3.05, 3.63) is 64.3 Å². The number of aliphatic hydroxyl groups excluding tert-OH is 1. The van der Waals surface area contributed by atoms with Gasteiger partial charge in [0.2, 0.25) is 0 Å². The molecule has 0 saturated carbocycles. The molecule has 0 aliphatic rings. The number of furan rings is 1. The van der Waals surface area contributed by atoms with Gasteiger partial charge in [-0.3, -0.25) is 0 Å². The summed E-state index contributed by atoms with van der Waals surface area (Å²) in [4.78, 5) is 0. The molecule has 0 aliphatic carbocycles. The zero-order valence-electron chi connectivity index (χ0n) is 10.9. The largest absolute Gasteiger partial charge is 0.490 e. The fourth-order valence-electron chi connectivity index (χ4n) is 2.03. The fourth-order valence-corrected chi connectivity index (χ4v) is 2.43. The van der Waals surface area contributed by atoms with Gasteiger partial charge in [-0.25, -0.2) is 0 Å². The molecule has 0 amide bonds. The van der Waals surface area contributed by atoms with Gasteiger partial charge >= 0.3 is 0 Å². The van der Waals surface area contributed by atoms with Crippen molar-refractivity contribution < 1.29 is 14.3 Å². The van der Waals surface area contributed by atoms with Crippen molar-refractivity contribution in [3.63, 3.8) is 0 Å². The van der Waals surface area contributed by atoms with Gasteiger partial charge < -0.3 is 14.3 Å². The Bertz CT molecular complexity index is 767. The number of halogens is 2. The maximum Gasteiger partial charge on any atom is 0.152 e. The molecule has 3 nitrogen and oxygen atoms in total. The lowest BCUT2D eigenvalue weighted by Crippen LogP contribution is -2.08. The first-order chi connectivity index (χ1) is 10.1. The Hall–Kier alpha value is -1.68. The lowest BCUT2D eigenvalue weighted by atomic mass is 10.2. The van der Waals surface area contributed by atoms with Crippen LogP contribution in [0.5, 0.6) is 5.75 Å². The topological polar surface area (TPSA) is 42.6 Å². The molecular formula is C16H12Cl2O3. The van der Waals surface area contributed by atoms with Crippen LogP contribution in [-0.2, 0) is 0 Å². The van der Waals surface area contributed by atoms with Crippen LogP contribution in [0.1, 0.15) is 11.9 Å². The Balaban J connectivity index is 1.75. The molecule has 1 heterocycles. The molecular weight excluding hydrogens is 311 g/mol. The molecule has 1 unspecified atom stereocenters. The van der Waals surface area contributed by atoms with Crippen molar-refractivity contribution in [2.75, 3.05) is 6.61 Å². The lowest BCUT2D eigenvalue weighted by molar-refractivity contribution is 0.0903. The SMILES string of the molecule is OC(COc1cccc(Cl)c1)c1cc2cccc(Cl)c2o1. The molecule has 1 N–H and O–H groups in total. The molecule has 1 atom stereocenters. The number of aliphatic hydroxyl groups is 1. The molecule has 2 aromatic carbocycles. The third kappa shape index (κ3) is 3.16. The first kappa shape index (κ1) is 14.3. The van der Waals surface area contributed by atoms with E-state index >= 15 is 0 Å². The Morgan fingerprint density at radius 2 is 1.90 bits per heavy atom. The van der Waals surface area contributed by atoms with E-state index in [1.807, 2.05) is 12.1 Å². The summed E-state index contributed by atoms with van der Waals surface area (Å²) in [5, 5.41) is 12.1. The Kier molecular flexibility index (Phi) is 4.06. The highest BCUT2D eigenvalue weighted by molar-refractivity contribution is 6.34. The summed E-state index contributed by atoms with van der Waals surface area (Å²) < 4.78 is 11.1. The van der Waals surface area contributed by atoms with E-state index in [2.05, 4.69) is 0 Å². The normalized spacial score (nSPS) is 12.5. The summed E-state index contributed by atoms with van der Waals surface area (Å²) in [7, 11) is 0. The predicted molar refractivity (Wildman–Crippen MR) is 83.1 cm³/mol. The predicted octanol–water partition coefficient (Wildman–Crippen LogP) is 4.85. The zero-order chi connectivity index (χ0) is 14.8. The van der Waals surface area contributed by atoms with Crippen molar-refractivity contribution in [2.45, 2.75) is 6.10 Å². The summed E-state index contributed by atoms with van der Waals surface area (Å²) in [6.07, 6.45) is -0.882. The van der Waals surface area contributed by atoms with Gasteiger partial charge in [0.1, 0.15) is 24.2 Å². The van der Waals surface area contributed by atoms with Crippen molar-refractivity contribution in [2.24, 2.45) is 0 Å². The lowest BCUT2D eigenvalue weighted by Gasteiger charge is -2.10. The number of rotatable bonds is 4. The molecule has 0 aliphatic heterocycles. The molecule has 3 rings (SSSR count). The number of ether oxygens (including phenoxy) is 1. The molecule has 108 valence electrons. The van der Waals surface area contributed by atoms with E-state index in [1.165, 1.54) is 0 Å². The van der Waals surface area contributed by atoms with E-state index in [4.69, 9.17) is 32.4 Å². The summed E-state index contributed by atoms with van der Waals surface area (Å²) in [6.45, 7) is 0.0672.